The number of unbranched alkanes of at least 4 members (excludes halogenated alkanes) is 16. The van der Waals surface area contributed by atoms with Gasteiger partial charge in [-0.15, -0.1) is 0 Å². The highest BCUT2D eigenvalue weighted by Crippen LogP contribution is 2.22. The van der Waals surface area contributed by atoms with Crippen LogP contribution in [0.1, 0.15) is 181 Å². The first-order valence-corrected chi connectivity index (χ1v) is 24.7. The third-order valence-electron chi connectivity index (χ3n) is 11.0. The molecule has 0 bridgehead atoms. The highest BCUT2D eigenvalue weighted by atomic mass is 16.7. The van der Waals surface area contributed by atoms with E-state index in [0.717, 1.165) is 83.5 Å². The molecule has 11 heteroatoms. The first-order chi connectivity index (χ1) is 30.7. The van der Waals surface area contributed by atoms with Crippen LogP contribution < -0.4 is 5.32 Å². The molecule has 63 heavy (non-hydrogen) atoms. The van der Waals surface area contributed by atoms with Crippen molar-refractivity contribution in [3.05, 3.63) is 72.9 Å². The van der Waals surface area contributed by atoms with Crippen LogP contribution in [0.15, 0.2) is 72.9 Å². The molecule has 1 rings (SSSR count). The SMILES string of the molecule is CCC/C=C/CC/C=C/CC/C=C/C(O)C(COC1OC(CO)C(O)C(O)C1O)NC(=O)CC/C=C\C/C=C\CCCCCCCCOC(=O)CCCCCCC/C=C\CCCC. The van der Waals surface area contributed by atoms with E-state index in [-0.39, 0.29) is 24.9 Å². The van der Waals surface area contributed by atoms with Gasteiger partial charge in [-0.05, 0) is 89.9 Å². The maximum absolute atomic E-state index is 12.9. The molecule has 7 unspecified atom stereocenters. The largest absolute Gasteiger partial charge is 0.466 e. The zero-order valence-corrected chi connectivity index (χ0v) is 39.3. The van der Waals surface area contributed by atoms with Crippen LogP contribution in [0, 0.1) is 0 Å². The lowest BCUT2D eigenvalue weighted by Gasteiger charge is -2.40. The lowest BCUT2D eigenvalue weighted by Crippen LogP contribution is -2.60. The van der Waals surface area contributed by atoms with Gasteiger partial charge in [-0.2, -0.15) is 0 Å². The second kappa shape index (κ2) is 41.8. The highest BCUT2D eigenvalue weighted by Gasteiger charge is 2.44. The van der Waals surface area contributed by atoms with Crippen molar-refractivity contribution in [2.75, 3.05) is 19.8 Å². The van der Waals surface area contributed by atoms with Crippen LogP contribution in [-0.4, -0.2) is 100 Å². The third kappa shape index (κ3) is 32.4. The molecular formula is C52H89NO10. The first-order valence-electron chi connectivity index (χ1n) is 24.7. The van der Waals surface area contributed by atoms with Crippen LogP contribution in [0.5, 0.6) is 0 Å². The van der Waals surface area contributed by atoms with E-state index in [4.69, 9.17) is 14.2 Å². The average molecular weight is 888 g/mol. The number of carbonyl (C=O) groups excluding carboxylic acids is 2. The maximum Gasteiger partial charge on any atom is 0.305 e. The molecule has 6 N–H and O–H groups in total. The van der Waals surface area contributed by atoms with Crippen LogP contribution >= 0.6 is 0 Å². The number of allylic oxidation sites excluding steroid dienone is 11. The van der Waals surface area contributed by atoms with Crippen LogP contribution in [0.2, 0.25) is 0 Å². The molecule has 0 spiro atoms. The van der Waals surface area contributed by atoms with Crippen molar-refractivity contribution in [1.82, 2.24) is 5.32 Å². The third-order valence-corrected chi connectivity index (χ3v) is 11.0. The number of rotatable bonds is 40. The Balaban J connectivity index is 2.27. The minimum absolute atomic E-state index is 0.0540. The molecule has 0 aromatic rings. The molecule has 0 radical (unpaired) electrons. The van der Waals surface area contributed by atoms with Gasteiger partial charge in [-0.25, -0.2) is 0 Å². The predicted octanol–water partition coefficient (Wildman–Crippen LogP) is 9.71. The number of nitrogens with one attached hydrogen (secondary N) is 1. The number of ether oxygens (including phenoxy) is 3. The zero-order chi connectivity index (χ0) is 46.0. The van der Waals surface area contributed by atoms with Crippen molar-refractivity contribution in [1.29, 1.82) is 0 Å². The standard InChI is InChI=1S/C52H89NO10/c1-3-5-7-9-11-13-18-22-26-30-34-38-45(55)44(43-62-52-51(60)50(59)49(58)46(42-54)63-52)53-47(56)39-35-31-27-23-20-16-15-17-21-25-29-33-37-41-61-48(57)40-36-32-28-24-19-14-12-10-8-6-4-2/h7,9-10,12,16,18,20,22,27,31,34,38,44-46,49-52,54-55,58-60H,3-6,8,11,13-15,17,19,21,23-26,28-30,32-33,35-37,39-43H2,1-2H3,(H,53,56)/b9-7+,12-10-,20-16-,22-18+,31-27-,38-34+. The molecule has 11 nitrogen and oxygen atoms in total. The Morgan fingerprint density at radius 2 is 1.13 bits per heavy atom. The summed E-state index contributed by atoms with van der Waals surface area (Å²) in [6.07, 6.45) is 42.8. The summed E-state index contributed by atoms with van der Waals surface area (Å²) < 4.78 is 16.6. The molecule has 1 fully saturated rings. The lowest BCUT2D eigenvalue weighted by atomic mass is 9.99. The van der Waals surface area contributed by atoms with Crippen molar-refractivity contribution in [3.8, 4) is 0 Å². The topological polar surface area (TPSA) is 175 Å². The molecule has 0 aromatic heterocycles. The molecule has 362 valence electrons. The van der Waals surface area contributed by atoms with E-state index < -0.39 is 49.5 Å². The molecule has 1 saturated heterocycles. The molecule has 1 aliphatic rings. The minimum atomic E-state index is -1.60. The quantitative estimate of drug-likeness (QED) is 0.0198. The van der Waals surface area contributed by atoms with Crippen molar-refractivity contribution in [2.24, 2.45) is 0 Å². The smallest absolute Gasteiger partial charge is 0.305 e. The first kappa shape index (κ1) is 58.1. The van der Waals surface area contributed by atoms with E-state index >= 15 is 0 Å². The molecule has 0 aliphatic carbocycles. The van der Waals surface area contributed by atoms with Gasteiger partial charge in [-0.3, -0.25) is 9.59 Å². The summed E-state index contributed by atoms with van der Waals surface area (Å²) in [7, 11) is 0. The fraction of sp³-hybridized carbons (Fsp3) is 0.731. The number of hydrogen-bond donors (Lipinski definition) is 6. The molecule has 1 heterocycles. The monoisotopic (exact) mass is 888 g/mol. The predicted molar refractivity (Wildman–Crippen MR) is 255 cm³/mol. The summed E-state index contributed by atoms with van der Waals surface area (Å²) in [5.41, 5.74) is 0. The molecule has 1 amide bonds. The van der Waals surface area contributed by atoms with Crippen LogP contribution in [0.3, 0.4) is 0 Å². The van der Waals surface area contributed by atoms with Gasteiger partial charge in [0, 0.05) is 12.8 Å². The van der Waals surface area contributed by atoms with Gasteiger partial charge < -0.3 is 45.1 Å². The number of hydrogen-bond acceptors (Lipinski definition) is 10. The van der Waals surface area contributed by atoms with Gasteiger partial charge in [0.25, 0.3) is 0 Å². The molecule has 7 atom stereocenters. The fourth-order valence-electron chi connectivity index (χ4n) is 6.97. The summed E-state index contributed by atoms with van der Waals surface area (Å²) >= 11 is 0. The molecular weight excluding hydrogens is 799 g/mol. The maximum atomic E-state index is 12.9. The van der Waals surface area contributed by atoms with E-state index in [9.17, 15) is 35.1 Å². The number of esters is 1. The van der Waals surface area contributed by atoms with Crippen LogP contribution in [-0.2, 0) is 23.8 Å². The molecule has 1 aliphatic heterocycles. The van der Waals surface area contributed by atoms with E-state index in [0.29, 0.717) is 25.9 Å². The zero-order valence-electron chi connectivity index (χ0n) is 39.3. The summed E-state index contributed by atoms with van der Waals surface area (Å²) in [6.45, 7) is 4.08. The Morgan fingerprint density at radius 3 is 1.76 bits per heavy atom. The van der Waals surface area contributed by atoms with Gasteiger partial charge in [-0.1, -0.05) is 151 Å². The van der Waals surface area contributed by atoms with Gasteiger partial charge >= 0.3 is 5.97 Å². The minimum Gasteiger partial charge on any atom is -0.466 e. The normalized spacial score (nSPS) is 20.7. The van der Waals surface area contributed by atoms with Gasteiger partial charge in [0.15, 0.2) is 6.29 Å². The van der Waals surface area contributed by atoms with E-state index in [1.54, 1.807) is 6.08 Å². The van der Waals surface area contributed by atoms with E-state index in [1.165, 1.54) is 57.8 Å². The number of amides is 1. The van der Waals surface area contributed by atoms with E-state index in [1.807, 2.05) is 18.2 Å². The average Bonchev–Trinajstić information content (AvgIpc) is 3.28. The summed E-state index contributed by atoms with van der Waals surface area (Å²) in [4.78, 5) is 24.9. The summed E-state index contributed by atoms with van der Waals surface area (Å²) in [5, 5.41) is 54.0. The Bertz CT molecular complexity index is 1280. The van der Waals surface area contributed by atoms with Crippen molar-refractivity contribution in [3.63, 3.8) is 0 Å². The fourth-order valence-corrected chi connectivity index (χ4v) is 6.97. The van der Waals surface area contributed by atoms with Crippen molar-refractivity contribution < 1.29 is 49.3 Å². The second-order valence-electron chi connectivity index (χ2n) is 16.8. The number of aliphatic hydroxyl groups is 5. The molecule has 0 aromatic carbocycles. The number of carbonyl (C=O) groups is 2. The lowest BCUT2D eigenvalue weighted by molar-refractivity contribution is -0.302. The van der Waals surface area contributed by atoms with Crippen LogP contribution in [0.25, 0.3) is 0 Å². The van der Waals surface area contributed by atoms with E-state index in [2.05, 4.69) is 67.8 Å². The Labute approximate surface area is 381 Å². The van der Waals surface area contributed by atoms with Crippen molar-refractivity contribution >= 4 is 11.9 Å². The highest BCUT2D eigenvalue weighted by molar-refractivity contribution is 5.76. The summed E-state index contributed by atoms with van der Waals surface area (Å²) in [5.74, 6) is -0.336. The molecule has 0 saturated carbocycles. The van der Waals surface area contributed by atoms with Crippen molar-refractivity contribution in [2.45, 2.75) is 224 Å². The number of aliphatic hydroxyl groups excluding tert-OH is 5. The van der Waals surface area contributed by atoms with Gasteiger partial charge in [0.05, 0.1) is 32.0 Å². The van der Waals surface area contributed by atoms with Gasteiger partial charge in [0.2, 0.25) is 5.91 Å². The Kier molecular flexibility index (Phi) is 38.5. The Morgan fingerprint density at radius 1 is 0.587 bits per heavy atom. The van der Waals surface area contributed by atoms with Gasteiger partial charge in [0.1, 0.15) is 24.4 Å². The Hall–Kier alpha value is -2.90. The van der Waals surface area contributed by atoms with Crippen LogP contribution in [0.4, 0.5) is 0 Å². The summed E-state index contributed by atoms with van der Waals surface area (Å²) in [6, 6.07) is -0.879. The second-order valence-corrected chi connectivity index (χ2v) is 16.8.